The van der Waals surface area contributed by atoms with E-state index in [4.69, 9.17) is 12.2 Å². The predicted octanol–water partition coefficient (Wildman–Crippen LogP) is 2.03. The van der Waals surface area contributed by atoms with Crippen LogP contribution in [0, 0.1) is 16.4 Å². The average molecular weight is 354 g/mol. The summed E-state index contributed by atoms with van der Waals surface area (Å²) in [6.07, 6.45) is 4.04. The fourth-order valence-electron chi connectivity index (χ4n) is 2.32. The molecule has 0 saturated carbocycles. The van der Waals surface area contributed by atoms with Crippen LogP contribution in [0.25, 0.3) is 0 Å². The van der Waals surface area contributed by atoms with Crippen molar-refractivity contribution >= 4 is 12.2 Å². The Balaban J connectivity index is 0.00000208. The second kappa shape index (κ2) is 6.97. The van der Waals surface area contributed by atoms with Gasteiger partial charge in [0.25, 0.3) is 0 Å². The van der Waals surface area contributed by atoms with Gasteiger partial charge in [-0.3, -0.25) is 9.78 Å². The molecule has 3 rings (SSSR count). The molecule has 7 nitrogen and oxygen atoms in total. The zero-order valence-corrected chi connectivity index (χ0v) is 12.5. The van der Waals surface area contributed by atoms with Crippen LogP contribution in [-0.2, 0) is 18.7 Å². The monoisotopic (exact) mass is 354 g/mol. The second-order valence-electron chi connectivity index (χ2n) is 5.00. The lowest BCUT2D eigenvalue weighted by Crippen LogP contribution is -2.38. The number of aromatic amines is 1. The molecule has 0 saturated heterocycles. The number of hydrogen-bond donors (Lipinski definition) is 2. The highest BCUT2D eigenvalue weighted by Gasteiger charge is 2.34. The van der Waals surface area contributed by atoms with Gasteiger partial charge in [-0.2, -0.15) is 5.10 Å². The van der Waals surface area contributed by atoms with Crippen molar-refractivity contribution in [2.75, 3.05) is 0 Å². The SMILES string of the molecule is C.OC(Cn1cncn1)(Cn1[nH]cnc1=S)c1ccc(F)cc1F. The van der Waals surface area contributed by atoms with Crippen molar-refractivity contribution in [1.29, 1.82) is 0 Å². The van der Waals surface area contributed by atoms with Gasteiger partial charge in [-0.05, 0) is 18.3 Å². The van der Waals surface area contributed by atoms with Crippen molar-refractivity contribution in [3.8, 4) is 0 Å². The van der Waals surface area contributed by atoms with Crippen LogP contribution in [0.5, 0.6) is 0 Å². The summed E-state index contributed by atoms with van der Waals surface area (Å²) in [5.41, 5.74) is -1.82. The van der Waals surface area contributed by atoms with Gasteiger partial charge >= 0.3 is 0 Å². The molecule has 0 bridgehead atoms. The lowest BCUT2D eigenvalue weighted by atomic mass is 9.93. The molecule has 2 aromatic heterocycles. The molecule has 1 unspecified atom stereocenters. The molecule has 1 aromatic carbocycles. The number of halogens is 2. The van der Waals surface area contributed by atoms with E-state index in [1.165, 1.54) is 34.4 Å². The number of nitrogens with one attached hydrogen (secondary N) is 1. The van der Waals surface area contributed by atoms with Crippen LogP contribution in [0.1, 0.15) is 13.0 Å². The van der Waals surface area contributed by atoms with Crippen molar-refractivity contribution < 1.29 is 13.9 Å². The van der Waals surface area contributed by atoms with Gasteiger partial charge in [-0.25, -0.2) is 23.4 Å². The summed E-state index contributed by atoms with van der Waals surface area (Å²) in [4.78, 5) is 7.64. The van der Waals surface area contributed by atoms with Crippen molar-refractivity contribution in [3.63, 3.8) is 0 Å². The van der Waals surface area contributed by atoms with E-state index in [-0.39, 0.29) is 30.9 Å². The van der Waals surface area contributed by atoms with Gasteiger partial charge in [0.1, 0.15) is 36.2 Å². The molecule has 0 spiro atoms. The molecule has 0 amide bonds. The van der Waals surface area contributed by atoms with Crippen LogP contribution >= 0.6 is 12.2 Å². The van der Waals surface area contributed by atoms with Crippen LogP contribution in [-0.4, -0.2) is 34.6 Å². The Morgan fingerprint density at radius 3 is 2.67 bits per heavy atom. The molecule has 0 aliphatic heterocycles. The summed E-state index contributed by atoms with van der Waals surface area (Å²) >= 11 is 5.03. The summed E-state index contributed by atoms with van der Waals surface area (Å²) in [5.74, 6) is -1.59. The highest BCUT2D eigenvalue weighted by molar-refractivity contribution is 7.71. The summed E-state index contributed by atoms with van der Waals surface area (Å²) in [5, 5.41) is 17.7. The second-order valence-corrected chi connectivity index (χ2v) is 5.37. The third-order valence-corrected chi connectivity index (χ3v) is 3.69. The van der Waals surface area contributed by atoms with E-state index < -0.39 is 17.2 Å². The quantitative estimate of drug-likeness (QED) is 0.685. The number of hydrogen-bond acceptors (Lipinski definition) is 5. The van der Waals surface area contributed by atoms with Crippen molar-refractivity contribution in [2.45, 2.75) is 26.1 Å². The van der Waals surface area contributed by atoms with Crippen molar-refractivity contribution in [2.24, 2.45) is 0 Å². The predicted molar refractivity (Wildman–Crippen MR) is 84.4 cm³/mol. The topological polar surface area (TPSA) is 84.5 Å². The molecule has 128 valence electrons. The summed E-state index contributed by atoms with van der Waals surface area (Å²) in [6, 6.07) is 2.99. The van der Waals surface area contributed by atoms with E-state index in [9.17, 15) is 13.9 Å². The zero-order chi connectivity index (χ0) is 16.4. The summed E-state index contributed by atoms with van der Waals surface area (Å²) in [7, 11) is 0. The first-order chi connectivity index (χ1) is 11.0. The number of aromatic nitrogens is 6. The fourth-order valence-corrected chi connectivity index (χ4v) is 2.49. The first-order valence-corrected chi connectivity index (χ1v) is 6.99. The van der Waals surface area contributed by atoms with E-state index in [1.54, 1.807) is 0 Å². The molecule has 0 aliphatic rings. The van der Waals surface area contributed by atoms with Crippen LogP contribution in [0.2, 0.25) is 0 Å². The lowest BCUT2D eigenvalue weighted by Gasteiger charge is -2.29. The van der Waals surface area contributed by atoms with Crippen molar-refractivity contribution in [1.82, 2.24) is 29.5 Å². The van der Waals surface area contributed by atoms with E-state index in [1.807, 2.05) is 0 Å². The molecule has 2 heterocycles. The highest BCUT2D eigenvalue weighted by atomic mass is 32.1. The lowest BCUT2D eigenvalue weighted by molar-refractivity contribution is -0.00892. The molecular weight excluding hydrogens is 338 g/mol. The summed E-state index contributed by atoms with van der Waals surface area (Å²) < 4.78 is 30.3. The minimum Gasteiger partial charge on any atom is -0.381 e. The van der Waals surface area contributed by atoms with E-state index in [2.05, 4.69) is 20.2 Å². The maximum absolute atomic E-state index is 14.2. The number of rotatable bonds is 5. The molecule has 0 radical (unpaired) electrons. The van der Waals surface area contributed by atoms with E-state index >= 15 is 0 Å². The normalized spacial score (nSPS) is 13.3. The number of H-pyrrole nitrogens is 1. The third-order valence-electron chi connectivity index (χ3n) is 3.36. The fraction of sp³-hybridized carbons (Fsp3) is 0.286. The van der Waals surface area contributed by atoms with Crippen LogP contribution in [0.3, 0.4) is 0 Å². The summed E-state index contributed by atoms with van der Waals surface area (Å²) in [6.45, 7) is -0.218. The first-order valence-electron chi connectivity index (χ1n) is 6.58. The highest BCUT2D eigenvalue weighted by Crippen LogP contribution is 2.28. The molecule has 1 atom stereocenters. The van der Waals surface area contributed by atoms with Gasteiger partial charge in [0.05, 0.1) is 13.1 Å². The molecule has 2 N–H and O–H groups in total. The first kappa shape index (κ1) is 17.9. The van der Waals surface area contributed by atoms with Gasteiger partial charge in [-0.1, -0.05) is 13.5 Å². The maximum Gasteiger partial charge on any atom is 0.215 e. The van der Waals surface area contributed by atoms with Gasteiger partial charge in [0.15, 0.2) is 0 Å². The van der Waals surface area contributed by atoms with Crippen LogP contribution in [0.4, 0.5) is 8.78 Å². The molecule has 10 heteroatoms. The molecule has 0 fully saturated rings. The molecular formula is C14H16F2N6OS. The molecule has 24 heavy (non-hydrogen) atoms. The standard InChI is InChI=1S/C13H12F2N6OS.CH4/c14-9-1-2-10(11(15)3-9)13(22,4-20-8-16-6-18-20)5-21-12(23)17-7-19-21;/h1-3,6-8,22H,4-5H2,(H,17,19,23);1H4. The molecule has 3 aromatic rings. The van der Waals surface area contributed by atoms with E-state index in [0.29, 0.717) is 6.07 Å². The zero-order valence-electron chi connectivity index (χ0n) is 11.7. The van der Waals surface area contributed by atoms with Crippen LogP contribution < -0.4 is 0 Å². The minimum atomic E-state index is -1.74. The van der Waals surface area contributed by atoms with Gasteiger partial charge < -0.3 is 5.11 Å². The number of nitrogens with zero attached hydrogens (tertiary/aromatic N) is 5. The van der Waals surface area contributed by atoms with Gasteiger partial charge in [-0.15, -0.1) is 0 Å². The Labute approximate surface area is 141 Å². The minimum absolute atomic E-state index is 0. The number of aliphatic hydroxyl groups is 1. The largest absolute Gasteiger partial charge is 0.381 e. The van der Waals surface area contributed by atoms with Crippen molar-refractivity contribution in [3.05, 3.63) is 59.2 Å². The van der Waals surface area contributed by atoms with E-state index in [0.717, 1.165) is 6.07 Å². The Morgan fingerprint density at radius 2 is 2.08 bits per heavy atom. The Kier molecular flexibility index (Phi) is 5.20. The van der Waals surface area contributed by atoms with Gasteiger partial charge in [0, 0.05) is 11.6 Å². The smallest absolute Gasteiger partial charge is 0.215 e. The Morgan fingerprint density at radius 1 is 1.29 bits per heavy atom. The van der Waals surface area contributed by atoms with Gasteiger partial charge in [0.2, 0.25) is 4.77 Å². The average Bonchev–Trinajstić information content (AvgIpc) is 3.11. The molecule has 0 aliphatic carbocycles. The van der Waals surface area contributed by atoms with Crippen LogP contribution in [0.15, 0.2) is 37.2 Å². The number of benzene rings is 1. The third kappa shape index (κ3) is 3.54. The Hall–Kier alpha value is -2.46. The Bertz CT molecular complexity index is 862. The maximum atomic E-state index is 14.2.